The van der Waals surface area contributed by atoms with Gasteiger partial charge in [0.1, 0.15) is 17.5 Å². The molecule has 0 spiro atoms. The Morgan fingerprint density at radius 1 is 1.33 bits per heavy atom. The van der Waals surface area contributed by atoms with Gasteiger partial charge >= 0.3 is 0 Å². The first-order chi connectivity index (χ1) is 8.68. The Labute approximate surface area is 103 Å². The molecule has 2 aromatic heterocycles. The summed E-state index contributed by atoms with van der Waals surface area (Å²) < 4.78 is 3.00. The number of para-hydroxylation sites is 1. The topological polar surface area (TPSA) is 78.7 Å². The van der Waals surface area contributed by atoms with Crippen molar-refractivity contribution in [1.82, 2.24) is 19.3 Å². The van der Waals surface area contributed by atoms with Crippen LogP contribution >= 0.6 is 0 Å². The standard InChI is InChI=1S/C12H11N5O/c1-16-10(5-6-15-16)12(18)17-7-14-11-8(13)3-2-4-9(11)17/h2-7H,13H2,1H3. The zero-order chi connectivity index (χ0) is 12.7. The molecule has 0 aliphatic heterocycles. The highest BCUT2D eigenvalue weighted by atomic mass is 16.2. The summed E-state index contributed by atoms with van der Waals surface area (Å²) in [6, 6.07) is 7.04. The van der Waals surface area contributed by atoms with E-state index in [1.165, 1.54) is 15.6 Å². The smallest absolute Gasteiger partial charge is 0.281 e. The largest absolute Gasteiger partial charge is 0.397 e. The number of anilines is 1. The average Bonchev–Trinajstić information content (AvgIpc) is 2.95. The second kappa shape index (κ2) is 3.69. The van der Waals surface area contributed by atoms with Gasteiger partial charge in [-0.2, -0.15) is 5.10 Å². The summed E-state index contributed by atoms with van der Waals surface area (Å²) in [5, 5.41) is 3.98. The highest BCUT2D eigenvalue weighted by Gasteiger charge is 2.15. The SMILES string of the molecule is Cn1nccc1C(=O)n1cnc2c(N)cccc21. The normalized spacial score (nSPS) is 10.9. The molecule has 0 aliphatic carbocycles. The van der Waals surface area contributed by atoms with Gasteiger partial charge in [-0.15, -0.1) is 0 Å². The molecule has 6 heteroatoms. The summed E-state index contributed by atoms with van der Waals surface area (Å²) in [6.07, 6.45) is 3.07. The predicted molar refractivity (Wildman–Crippen MR) is 67.1 cm³/mol. The molecule has 0 saturated heterocycles. The van der Waals surface area contributed by atoms with Crippen LogP contribution in [0.15, 0.2) is 36.8 Å². The first-order valence-electron chi connectivity index (χ1n) is 5.43. The van der Waals surface area contributed by atoms with E-state index in [0.29, 0.717) is 22.4 Å². The van der Waals surface area contributed by atoms with E-state index in [-0.39, 0.29) is 5.91 Å². The van der Waals surface area contributed by atoms with Crippen LogP contribution in [0, 0.1) is 0 Å². The Hall–Kier alpha value is -2.63. The van der Waals surface area contributed by atoms with Crippen molar-refractivity contribution in [2.24, 2.45) is 7.05 Å². The molecule has 0 radical (unpaired) electrons. The zero-order valence-electron chi connectivity index (χ0n) is 9.74. The molecule has 1 aromatic carbocycles. The number of nitrogens with zero attached hydrogens (tertiary/aromatic N) is 4. The summed E-state index contributed by atoms with van der Waals surface area (Å²) >= 11 is 0. The molecule has 2 N–H and O–H groups in total. The van der Waals surface area contributed by atoms with Gasteiger partial charge in [-0.05, 0) is 18.2 Å². The summed E-state index contributed by atoms with van der Waals surface area (Å²) in [7, 11) is 1.72. The third-order valence-corrected chi connectivity index (χ3v) is 2.87. The minimum atomic E-state index is -0.178. The molecule has 3 rings (SSSR count). The van der Waals surface area contributed by atoms with Crippen molar-refractivity contribution in [3.8, 4) is 0 Å². The van der Waals surface area contributed by atoms with Crippen LogP contribution < -0.4 is 5.73 Å². The number of hydrogen-bond donors (Lipinski definition) is 1. The number of nitrogen functional groups attached to an aromatic ring is 1. The van der Waals surface area contributed by atoms with E-state index in [1.807, 2.05) is 6.07 Å². The van der Waals surface area contributed by atoms with Crippen LogP contribution in [-0.2, 0) is 7.05 Å². The highest BCUT2D eigenvalue weighted by molar-refractivity contribution is 6.01. The van der Waals surface area contributed by atoms with Gasteiger partial charge in [-0.3, -0.25) is 14.0 Å². The Balaban J connectivity index is 2.19. The van der Waals surface area contributed by atoms with Crippen molar-refractivity contribution in [2.45, 2.75) is 0 Å². The number of aryl methyl sites for hydroxylation is 1. The number of carbonyl (C=O) groups excluding carboxylic acids is 1. The van der Waals surface area contributed by atoms with Crippen molar-refractivity contribution < 1.29 is 4.79 Å². The van der Waals surface area contributed by atoms with Gasteiger partial charge in [0.15, 0.2) is 0 Å². The number of benzene rings is 1. The van der Waals surface area contributed by atoms with Crippen LogP contribution in [0.5, 0.6) is 0 Å². The van der Waals surface area contributed by atoms with Crippen molar-refractivity contribution in [2.75, 3.05) is 5.73 Å². The minimum Gasteiger partial charge on any atom is -0.397 e. The van der Waals surface area contributed by atoms with Crippen LogP contribution in [0.2, 0.25) is 0 Å². The maximum absolute atomic E-state index is 12.3. The lowest BCUT2D eigenvalue weighted by atomic mass is 10.2. The van der Waals surface area contributed by atoms with Crippen LogP contribution in [0.25, 0.3) is 11.0 Å². The number of fused-ring (bicyclic) bond motifs is 1. The third-order valence-electron chi connectivity index (χ3n) is 2.87. The summed E-state index contributed by atoms with van der Waals surface area (Å²) in [6.45, 7) is 0. The molecule has 3 aromatic rings. The third kappa shape index (κ3) is 1.39. The van der Waals surface area contributed by atoms with E-state index in [0.717, 1.165) is 0 Å². The number of rotatable bonds is 1. The summed E-state index contributed by atoms with van der Waals surface area (Å²) in [5.74, 6) is -0.178. The molecule has 90 valence electrons. The van der Waals surface area contributed by atoms with Gasteiger partial charge < -0.3 is 5.73 Å². The van der Waals surface area contributed by atoms with Crippen molar-refractivity contribution in [3.63, 3.8) is 0 Å². The first-order valence-corrected chi connectivity index (χ1v) is 5.43. The minimum absolute atomic E-state index is 0.178. The van der Waals surface area contributed by atoms with E-state index in [4.69, 9.17) is 5.73 Å². The molecule has 0 bridgehead atoms. The van der Waals surface area contributed by atoms with Gasteiger partial charge in [-0.25, -0.2) is 4.98 Å². The van der Waals surface area contributed by atoms with Gasteiger partial charge in [0.25, 0.3) is 5.91 Å². The second-order valence-electron chi connectivity index (χ2n) is 3.97. The van der Waals surface area contributed by atoms with E-state index >= 15 is 0 Å². The Morgan fingerprint density at radius 2 is 2.17 bits per heavy atom. The fraction of sp³-hybridized carbons (Fsp3) is 0.0833. The maximum Gasteiger partial charge on any atom is 0.281 e. The van der Waals surface area contributed by atoms with Crippen molar-refractivity contribution in [3.05, 3.63) is 42.5 Å². The summed E-state index contributed by atoms with van der Waals surface area (Å²) in [5.41, 5.74) is 8.20. The average molecular weight is 241 g/mol. The number of aromatic nitrogens is 4. The van der Waals surface area contributed by atoms with Gasteiger partial charge in [0.2, 0.25) is 0 Å². The molecular formula is C12H11N5O. The van der Waals surface area contributed by atoms with Crippen molar-refractivity contribution >= 4 is 22.6 Å². The molecule has 18 heavy (non-hydrogen) atoms. The first kappa shape index (κ1) is 10.5. The molecule has 0 unspecified atom stereocenters. The molecule has 0 amide bonds. The van der Waals surface area contributed by atoms with E-state index < -0.39 is 0 Å². The van der Waals surface area contributed by atoms with Crippen molar-refractivity contribution in [1.29, 1.82) is 0 Å². The molecule has 6 nitrogen and oxygen atoms in total. The van der Waals surface area contributed by atoms with Gasteiger partial charge in [0.05, 0.1) is 11.2 Å². The van der Waals surface area contributed by atoms with E-state index in [1.54, 1.807) is 31.4 Å². The number of hydrogen-bond acceptors (Lipinski definition) is 4. The monoisotopic (exact) mass is 241 g/mol. The fourth-order valence-electron chi connectivity index (χ4n) is 1.93. The number of carbonyl (C=O) groups is 1. The summed E-state index contributed by atoms with van der Waals surface area (Å²) in [4.78, 5) is 16.5. The fourth-order valence-corrected chi connectivity index (χ4v) is 1.93. The number of nitrogens with two attached hydrogens (primary N) is 1. The predicted octanol–water partition coefficient (Wildman–Crippen LogP) is 1.04. The van der Waals surface area contributed by atoms with Gasteiger partial charge in [-0.1, -0.05) is 6.07 Å². The Kier molecular flexibility index (Phi) is 2.16. The Bertz CT molecular complexity index is 740. The van der Waals surface area contributed by atoms with Gasteiger partial charge in [0, 0.05) is 13.2 Å². The lowest BCUT2D eigenvalue weighted by molar-refractivity contribution is 0.0955. The quantitative estimate of drug-likeness (QED) is 0.646. The van der Waals surface area contributed by atoms with Crippen LogP contribution in [0.3, 0.4) is 0 Å². The molecular weight excluding hydrogens is 230 g/mol. The molecule has 0 fully saturated rings. The molecule has 0 saturated carbocycles. The van der Waals surface area contributed by atoms with E-state index in [2.05, 4.69) is 10.1 Å². The molecule has 0 atom stereocenters. The lowest BCUT2D eigenvalue weighted by Crippen LogP contribution is -2.15. The zero-order valence-corrected chi connectivity index (χ0v) is 9.74. The van der Waals surface area contributed by atoms with E-state index in [9.17, 15) is 4.79 Å². The van der Waals surface area contributed by atoms with Crippen LogP contribution in [0.1, 0.15) is 10.5 Å². The second-order valence-corrected chi connectivity index (χ2v) is 3.97. The van der Waals surface area contributed by atoms with Crippen LogP contribution in [-0.4, -0.2) is 25.2 Å². The number of imidazole rings is 1. The lowest BCUT2D eigenvalue weighted by Gasteiger charge is -2.03. The molecule has 0 aliphatic rings. The maximum atomic E-state index is 12.3. The highest BCUT2D eigenvalue weighted by Crippen LogP contribution is 2.19. The Morgan fingerprint density at radius 3 is 2.89 bits per heavy atom. The van der Waals surface area contributed by atoms with Crippen LogP contribution in [0.4, 0.5) is 5.69 Å². The molecule has 2 heterocycles.